The summed E-state index contributed by atoms with van der Waals surface area (Å²) in [6, 6.07) is 14.5. The highest BCUT2D eigenvalue weighted by Crippen LogP contribution is 2.35. The van der Waals surface area contributed by atoms with Crippen LogP contribution in [0.2, 0.25) is 0 Å². The van der Waals surface area contributed by atoms with Gasteiger partial charge in [-0.1, -0.05) is 23.8 Å². The highest BCUT2D eigenvalue weighted by Gasteiger charge is 2.36. The Labute approximate surface area is 207 Å². The molecule has 37 heavy (non-hydrogen) atoms. The minimum absolute atomic E-state index is 0.0387. The van der Waals surface area contributed by atoms with Crippen molar-refractivity contribution < 1.29 is 26.7 Å². The fourth-order valence-electron chi connectivity index (χ4n) is 3.96. The Hall–Kier alpha value is -4.60. The predicted molar refractivity (Wildman–Crippen MR) is 128 cm³/mol. The Kier molecular flexibility index (Phi) is 5.94. The predicted octanol–water partition coefficient (Wildman–Crippen LogP) is 6.92. The molecule has 0 unspecified atom stereocenters. The number of nitrogens with one attached hydrogen (secondary N) is 1. The van der Waals surface area contributed by atoms with Gasteiger partial charge in [-0.05, 0) is 49.4 Å². The van der Waals surface area contributed by atoms with Gasteiger partial charge in [0.25, 0.3) is 5.91 Å². The average Bonchev–Trinajstić information content (AvgIpc) is 3.30. The molecule has 3 heterocycles. The zero-order chi connectivity index (χ0) is 26.3. The number of pyridine rings is 2. The third kappa shape index (κ3) is 4.53. The molecule has 0 aliphatic heterocycles. The molecule has 0 radical (unpaired) electrons. The Balaban J connectivity index is 1.61. The van der Waals surface area contributed by atoms with Gasteiger partial charge in [0.1, 0.15) is 5.65 Å². The number of fused-ring (bicyclic) bond motifs is 1. The first-order valence-corrected chi connectivity index (χ1v) is 11.0. The molecule has 0 aliphatic rings. The van der Waals surface area contributed by atoms with Crippen LogP contribution in [0.25, 0.3) is 28.2 Å². The van der Waals surface area contributed by atoms with Crippen LogP contribution in [0.15, 0.2) is 79.3 Å². The Bertz CT molecular complexity index is 1640. The van der Waals surface area contributed by atoms with E-state index in [0.717, 1.165) is 17.7 Å². The van der Waals surface area contributed by atoms with E-state index >= 15 is 0 Å². The number of carbonyl (C=O) groups excluding carboxylic acids is 1. The van der Waals surface area contributed by atoms with E-state index in [2.05, 4.69) is 15.3 Å². The molecule has 0 saturated heterocycles. The SMILES string of the molecule is Cc1ccc(NC(=O)c2cc(-c3cccn4c(-c5cccc(F)c5F)cnc34)ncc2C(F)(F)F)cc1. The molecule has 186 valence electrons. The van der Waals surface area contributed by atoms with Crippen molar-refractivity contribution in [1.82, 2.24) is 14.4 Å². The van der Waals surface area contributed by atoms with Crippen molar-refractivity contribution in [2.45, 2.75) is 13.1 Å². The first-order valence-electron chi connectivity index (χ1n) is 11.0. The maximum absolute atomic E-state index is 14.4. The van der Waals surface area contributed by atoms with E-state index in [4.69, 9.17) is 0 Å². The number of aromatic nitrogens is 3. The van der Waals surface area contributed by atoms with Gasteiger partial charge in [0.2, 0.25) is 0 Å². The van der Waals surface area contributed by atoms with Crippen LogP contribution in [-0.4, -0.2) is 20.3 Å². The number of imidazole rings is 1. The van der Waals surface area contributed by atoms with Gasteiger partial charge < -0.3 is 5.32 Å². The van der Waals surface area contributed by atoms with E-state index in [1.54, 1.807) is 42.6 Å². The van der Waals surface area contributed by atoms with Crippen LogP contribution in [0.4, 0.5) is 27.6 Å². The lowest BCUT2D eigenvalue weighted by molar-refractivity contribution is -0.138. The number of anilines is 1. The van der Waals surface area contributed by atoms with Gasteiger partial charge in [-0.25, -0.2) is 13.8 Å². The second-order valence-corrected chi connectivity index (χ2v) is 8.29. The molecular formula is C27H17F5N4O. The molecule has 5 aromatic rings. The summed E-state index contributed by atoms with van der Waals surface area (Å²) < 4.78 is 70.9. The number of hydrogen-bond donors (Lipinski definition) is 1. The highest BCUT2D eigenvalue weighted by atomic mass is 19.4. The van der Waals surface area contributed by atoms with E-state index in [0.29, 0.717) is 17.4 Å². The molecular weight excluding hydrogens is 491 g/mol. The lowest BCUT2D eigenvalue weighted by Crippen LogP contribution is -2.19. The summed E-state index contributed by atoms with van der Waals surface area (Å²) in [5.41, 5.74) is 0.208. The number of alkyl halides is 3. The number of nitrogens with zero attached hydrogens (tertiary/aromatic N) is 3. The van der Waals surface area contributed by atoms with Crippen LogP contribution in [0.5, 0.6) is 0 Å². The second-order valence-electron chi connectivity index (χ2n) is 8.29. The molecule has 10 heteroatoms. The number of aryl methyl sites for hydroxylation is 1. The van der Waals surface area contributed by atoms with Crippen molar-refractivity contribution in [3.63, 3.8) is 0 Å². The lowest BCUT2D eigenvalue weighted by Gasteiger charge is -2.14. The summed E-state index contributed by atoms with van der Waals surface area (Å²) in [4.78, 5) is 21.2. The summed E-state index contributed by atoms with van der Waals surface area (Å²) in [5, 5.41) is 2.49. The van der Waals surface area contributed by atoms with Crippen LogP contribution < -0.4 is 5.32 Å². The van der Waals surface area contributed by atoms with Crippen molar-refractivity contribution >= 4 is 17.2 Å². The maximum atomic E-state index is 14.4. The fraction of sp³-hybridized carbons (Fsp3) is 0.0741. The van der Waals surface area contributed by atoms with Crippen LogP contribution in [0.3, 0.4) is 0 Å². The van der Waals surface area contributed by atoms with Gasteiger partial charge >= 0.3 is 6.18 Å². The molecule has 1 N–H and O–H groups in total. The number of hydrogen-bond acceptors (Lipinski definition) is 3. The van der Waals surface area contributed by atoms with Gasteiger partial charge in [-0.2, -0.15) is 13.2 Å². The zero-order valence-electron chi connectivity index (χ0n) is 19.1. The summed E-state index contributed by atoms with van der Waals surface area (Å²) in [5.74, 6) is -3.05. The lowest BCUT2D eigenvalue weighted by atomic mass is 10.0. The first kappa shape index (κ1) is 24.1. The van der Waals surface area contributed by atoms with Crippen molar-refractivity contribution in [2.24, 2.45) is 0 Å². The number of benzene rings is 2. The normalized spacial score (nSPS) is 11.6. The highest BCUT2D eigenvalue weighted by molar-refractivity contribution is 6.06. The minimum Gasteiger partial charge on any atom is -0.322 e. The average molecular weight is 508 g/mol. The van der Waals surface area contributed by atoms with Crippen LogP contribution in [0, 0.1) is 18.6 Å². The third-order valence-electron chi connectivity index (χ3n) is 5.80. The topological polar surface area (TPSA) is 59.3 Å². The molecule has 3 aromatic heterocycles. The largest absolute Gasteiger partial charge is 0.418 e. The molecule has 2 aromatic carbocycles. The Morgan fingerprint density at radius 1 is 0.919 bits per heavy atom. The first-order chi connectivity index (χ1) is 17.6. The van der Waals surface area contributed by atoms with E-state index < -0.39 is 34.8 Å². The van der Waals surface area contributed by atoms with Gasteiger partial charge in [0, 0.05) is 29.2 Å². The molecule has 0 aliphatic carbocycles. The van der Waals surface area contributed by atoms with Crippen molar-refractivity contribution in [3.05, 3.63) is 108 Å². The number of rotatable bonds is 4. The Morgan fingerprint density at radius 2 is 1.65 bits per heavy atom. The van der Waals surface area contributed by atoms with Crippen molar-refractivity contribution in [1.29, 1.82) is 0 Å². The molecule has 0 atom stereocenters. The smallest absolute Gasteiger partial charge is 0.322 e. The standard InChI is InChI=1S/C27H17F5N4O/c1-15-7-9-16(10-8-15)35-26(37)19-12-22(33-13-20(19)27(30,31)32)17-5-3-11-36-23(14-34-25(17)36)18-4-2-6-21(28)24(18)29/h2-14H,1H3,(H,35,37). The maximum Gasteiger partial charge on any atom is 0.418 e. The molecule has 0 saturated carbocycles. The van der Waals surface area contributed by atoms with Gasteiger partial charge in [0.15, 0.2) is 11.6 Å². The van der Waals surface area contributed by atoms with E-state index in [-0.39, 0.29) is 22.6 Å². The quantitative estimate of drug-likeness (QED) is 0.268. The third-order valence-corrected chi connectivity index (χ3v) is 5.80. The van der Waals surface area contributed by atoms with Crippen molar-refractivity contribution in [3.8, 4) is 22.5 Å². The zero-order valence-corrected chi connectivity index (χ0v) is 19.1. The van der Waals surface area contributed by atoms with E-state index in [9.17, 15) is 26.7 Å². The van der Waals surface area contributed by atoms with Crippen molar-refractivity contribution in [2.75, 3.05) is 5.32 Å². The summed E-state index contributed by atoms with van der Waals surface area (Å²) in [6.45, 7) is 1.84. The van der Waals surface area contributed by atoms with E-state index in [1.165, 1.54) is 22.7 Å². The Morgan fingerprint density at radius 3 is 2.38 bits per heavy atom. The van der Waals surface area contributed by atoms with Crippen LogP contribution in [-0.2, 0) is 6.18 Å². The van der Waals surface area contributed by atoms with Gasteiger partial charge in [0.05, 0.1) is 28.7 Å². The molecule has 0 bridgehead atoms. The van der Waals surface area contributed by atoms with Gasteiger partial charge in [-0.3, -0.25) is 14.2 Å². The van der Waals surface area contributed by atoms with E-state index in [1.807, 2.05) is 6.92 Å². The number of carbonyl (C=O) groups is 1. The molecule has 5 rings (SSSR count). The molecule has 0 spiro atoms. The molecule has 0 fully saturated rings. The number of amides is 1. The minimum atomic E-state index is -4.83. The fourth-order valence-corrected chi connectivity index (χ4v) is 3.96. The van der Waals surface area contributed by atoms with Crippen LogP contribution >= 0.6 is 0 Å². The summed E-state index contributed by atoms with van der Waals surface area (Å²) in [6.07, 6.45) is -1.35. The van der Waals surface area contributed by atoms with Gasteiger partial charge in [-0.15, -0.1) is 0 Å². The monoisotopic (exact) mass is 508 g/mol. The second kappa shape index (κ2) is 9.12. The summed E-state index contributed by atoms with van der Waals surface area (Å²) >= 11 is 0. The summed E-state index contributed by atoms with van der Waals surface area (Å²) in [7, 11) is 0. The number of halogens is 5. The molecule has 5 nitrogen and oxygen atoms in total. The van der Waals surface area contributed by atoms with Crippen LogP contribution in [0.1, 0.15) is 21.5 Å². The molecule has 1 amide bonds.